The van der Waals surface area contributed by atoms with E-state index in [0.29, 0.717) is 16.5 Å². The van der Waals surface area contributed by atoms with Crippen molar-refractivity contribution in [3.05, 3.63) is 64.2 Å². The highest BCUT2D eigenvalue weighted by molar-refractivity contribution is 5.92. The van der Waals surface area contributed by atoms with Crippen molar-refractivity contribution in [1.82, 2.24) is 15.3 Å². The van der Waals surface area contributed by atoms with Crippen molar-refractivity contribution >= 4 is 16.8 Å². The minimum Gasteiger partial charge on any atom is -0.395 e. The van der Waals surface area contributed by atoms with Crippen molar-refractivity contribution in [2.45, 2.75) is 12.8 Å². The lowest BCUT2D eigenvalue weighted by Crippen LogP contribution is -2.27. The largest absolute Gasteiger partial charge is 0.586 e. The Balaban J connectivity index is 1.51. The number of H-pyrrole nitrogens is 1. The molecule has 2 heterocycles. The van der Waals surface area contributed by atoms with E-state index in [1.165, 1.54) is 18.2 Å². The number of nitrogens with zero attached hydrogens (tertiary/aromatic N) is 1. The van der Waals surface area contributed by atoms with Gasteiger partial charge in [0.1, 0.15) is 0 Å². The van der Waals surface area contributed by atoms with Crippen LogP contribution in [0.4, 0.5) is 8.78 Å². The summed E-state index contributed by atoms with van der Waals surface area (Å²) in [6.45, 7) is 0.0254. The summed E-state index contributed by atoms with van der Waals surface area (Å²) in [6, 6.07) is 10.8. The van der Waals surface area contributed by atoms with Crippen LogP contribution in [-0.4, -0.2) is 22.2 Å². The van der Waals surface area contributed by atoms with Gasteiger partial charge in [0.2, 0.25) is 0 Å². The van der Waals surface area contributed by atoms with Crippen LogP contribution in [0.5, 0.6) is 11.5 Å². The minimum atomic E-state index is -3.70. The Morgan fingerprint density at radius 3 is 2.77 bits per heavy atom. The summed E-state index contributed by atoms with van der Waals surface area (Å²) >= 11 is 0. The molecule has 0 fully saturated rings. The predicted octanol–water partition coefficient (Wildman–Crippen LogP) is 2.17. The number of benzene rings is 2. The summed E-state index contributed by atoms with van der Waals surface area (Å²) in [5.74, 6) is -0.929. The molecule has 2 aromatic carbocycles. The number of carbonyl (C=O) groups is 1. The summed E-state index contributed by atoms with van der Waals surface area (Å²) in [4.78, 5) is 30.8. The zero-order valence-corrected chi connectivity index (χ0v) is 13.1. The Morgan fingerprint density at radius 2 is 1.92 bits per heavy atom. The lowest BCUT2D eigenvalue weighted by molar-refractivity contribution is -0.286. The molecule has 0 saturated carbocycles. The number of rotatable bonds is 3. The average molecular weight is 359 g/mol. The van der Waals surface area contributed by atoms with Gasteiger partial charge in [-0.25, -0.2) is 4.98 Å². The van der Waals surface area contributed by atoms with Crippen LogP contribution in [0.25, 0.3) is 10.9 Å². The first-order valence-electron chi connectivity index (χ1n) is 7.57. The Hall–Kier alpha value is -3.49. The summed E-state index contributed by atoms with van der Waals surface area (Å²) in [6.07, 6.45) is -3.70. The van der Waals surface area contributed by atoms with Crippen LogP contribution in [0.15, 0.2) is 47.3 Å². The number of carbonyl (C=O) groups excluding carboxylic acids is 1. The van der Waals surface area contributed by atoms with Crippen LogP contribution >= 0.6 is 0 Å². The Bertz CT molecular complexity index is 1080. The zero-order valence-electron chi connectivity index (χ0n) is 13.1. The van der Waals surface area contributed by atoms with Gasteiger partial charge in [-0.05, 0) is 29.8 Å². The first-order valence-corrected chi connectivity index (χ1v) is 7.57. The van der Waals surface area contributed by atoms with Gasteiger partial charge >= 0.3 is 6.29 Å². The molecular weight excluding hydrogens is 348 g/mol. The maximum absolute atomic E-state index is 13.0. The molecule has 1 aliphatic heterocycles. The lowest BCUT2D eigenvalue weighted by Gasteiger charge is -2.06. The Kier molecular flexibility index (Phi) is 3.57. The second-order valence-electron chi connectivity index (χ2n) is 5.56. The number of alkyl halides is 2. The molecule has 0 radical (unpaired) electrons. The van der Waals surface area contributed by atoms with Crippen molar-refractivity contribution in [1.29, 1.82) is 0 Å². The van der Waals surface area contributed by atoms with E-state index in [1.807, 2.05) is 0 Å². The third kappa shape index (κ3) is 2.94. The van der Waals surface area contributed by atoms with E-state index in [4.69, 9.17) is 0 Å². The molecular formula is C17H11F2N3O4. The summed E-state index contributed by atoms with van der Waals surface area (Å²) in [5.41, 5.74) is 0.485. The van der Waals surface area contributed by atoms with E-state index >= 15 is 0 Å². The van der Waals surface area contributed by atoms with Crippen molar-refractivity contribution in [3.8, 4) is 11.5 Å². The van der Waals surface area contributed by atoms with Gasteiger partial charge in [0, 0.05) is 6.54 Å². The highest BCUT2D eigenvalue weighted by Crippen LogP contribution is 2.41. The monoisotopic (exact) mass is 359 g/mol. The SMILES string of the molecule is O=C(NCc1ccc2c(c1)OC(F)(F)O2)c1nc2ccccc2c(=O)[nH]1. The maximum Gasteiger partial charge on any atom is 0.586 e. The first-order chi connectivity index (χ1) is 12.4. The van der Waals surface area contributed by atoms with E-state index in [0.717, 1.165) is 0 Å². The van der Waals surface area contributed by atoms with Gasteiger partial charge in [0.05, 0.1) is 10.9 Å². The first kappa shape index (κ1) is 16.0. The number of para-hydroxylation sites is 1. The van der Waals surface area contributed by atoms with E-state index in [-0.39, 0.29) is 23.9 Å². The zero-order chi connectivity index (χ0) is 18.3. The molecule has 2 N–H and O–H groups in total. The van der Waals surface area contributed by atoms with Gasteiger partial charge in [0.15, 0.2) is 17.3 Å². The van der Waals surface area contributed by atoms with Crippen molar-refractivity contribution in [3.63, 3.8) is 0 Å². The Labute approximate surface area is 144 Å². The molecule has 1 aliphatic rings. The molecule has 0 saturated heterocycles. The maximum atomic E-state index is 13.0. The third-order valence-electron chi connectivity index (χ3n) is 3.75. The highest BCUT2D eigenvalue weighted by Gasteiger charge is 2.43. The van der Waals surface area contributed by atoms with Crippen molar-refractivity contribution in [2.24, 2.45) is 0 Å². The van der Waals surface area contributed by atoms with E-state index < -0.39 is 17.8 Å². The molecule has 0 unspecified atom stereocenters. The fourth-order valence-corrected chi connectivity index (χ4v) is 2.56. The number of halogens is 2. The number of aromatic nitrogens is 2. The molecule has 7 nitrogen and oxygen atoms in total. The number of hydrogen-bond acceptors (Lipinski definition) is 5. The van der Waals surface area contributed by atoms with E-state index in [2.05, 4.69) is 24.8 Å². The number of amides is 1. The highest BCUT2D eigenvalue weighted by atomic mass is 19.3. The molecule has 132 valence electrons. The van der Waals surface area contributed by atoms with Gasteiger partial charge < -0.3 is 19.8 Å². The summed E-state index contributed by atoms with van der Waals surface area (Å²) in [5, 5.41) is 2.94. The average Bonchev–Trinajstić information content (AvgIpc) is 2.92. The van der Waals surface area contributed by atoms with Gasteiger partial charge in [-0.1, -0.05) is 18.2 Å². The summed E-state index contributed by atoms with van der Waals surface area (Å²) < 4.78 is 34.7. The molecule has 1 aromatic heterocycles. The number of fused-ring (bicyclic) bond motifs is 2. The molecule has 0 aliphatic carbocycles. The van der Waals surface area contributed by atoms with E-state index in [1.54, 1.807) is 24.3 Å². The number of aromatic amines is 1. The number of ether oxygens (including phenoxy) is 2. The molecule has 26 heavy (non-hydrogen) atoms. The second-order valence-corrected chi connectivity index (χ2v) is 5.56. The molecule has 0 spiro atoms. The van der Waals surface area contributed by atoms with Gasteiger partial charge in [-0.2, -0.15) is 0 Å². The molecule has 4 rings (SSSR count). The fraction of sp³-hybridized carbons (Fsp3) is 0.118. The fourth-order valence-electron chi connectivity index (χ4n) is 2.56. The van der Waals surface area contributed by atoms with Crippen molar-refractivity contribution in [2.75, 3.05) is 0 Å². The van der Waals surface area contributed by atoms with Crippen LogP contribution in [0, 0.1) is 0 Å². The lowest BCUT2D eigenvalue weighted by atomic mass is 10.2. The van der Waals surface area contributed by atoms with Crippen molar-refractivity contribution < 1.29 is 23.0 Å². The number of nitrogens with one attached hydrogen (secondary N) is 2. The predicted molar refractivity (Wildman–Crippen MR) is 86.2 cm³/mol. The van der Waals surface area contributed by atoms with Crippen LogP contribution in [0.3, 0.4) is 0 Å². The molecule has 0 bridgehead atoms. The Morgan fingerprint density at radius 1 is 1.15 bits per heavy atom. The summed E-state index contributed by atoms with van der Waals surface area (Å²) in [7, 11) is 0. The van der Waals surface area contributed by atoms with Crippen LogP contribution in [0.1, 0.15) is 16.2 Å². The molecule has 1 amide bonds. The van der Waals surface area contributed by atoms with Crippen LogP contribution in [-0.2, 0) is 6.54 Å². The smallest absolute Gasteiger partial charge is 0.395 e. The third-order valence-corrected chi connectivity index (χ3v) is 3.75. The van der Waals surface area contributed by atoms with Gasteiger partial charge in [-0.15, -0.1) is 8.78 Å². The normalized spacial score (nSPS) is 14.4. The molecule has 9 heteroatoms. The minimum absolute atomic E-state index is 0.0254. The number of hydrogen-bond donors (Lipinski definition) is 2. The standard InChI is InChI=1S/C17H11F2N3O4/c18-17(19)25-12-6-5-9(7-13(12)26-17)8-20-16(24)14-21-11-4-2-1-3-10(11)15(23)22-14/h1-7H,8H2,(H,20,24)(H,21,22,23). The molecule has 0 atom stereocenters. The van der Waals surface area contributed by atoms with E-state index in [9.17, 15) is 18.4 Å². The van der Waals surface area contributed by atoms with Gasteiger partial charge in [-0.3, -0.25) is 9.59 Å². The second kappa shape index (κ2) is 5.80. The van der Waals surface area contributed by atoms with Gasteiger partial charge in [0.25, 0.3) is 11.5 Å². The molecule has 3 aromatic rings. The quantitative estimate of drug-likeness (QED) is 0.748. The topological polar surface area (TPSA) is 93.3 Å². The van der Waals surface area contributed by atoms with Crippen LogP contribution < -0.4 is 20.3 Å². The van der Waals surface area contributed by atoms with Crippen LogP contribution in [0.2, 0.25) is 0 Å².